The molecule has 2 aliphatic rings. The van der Waals surface area contributed by atoms with Gasteiger partial charge in [-0.05, 0) is 41.7 Å². The standard InChI is InChI=1S/C21H20O4/c22-19-16(13-15-5-2-1-3-6-15)9-10-21(19,23)18-8-4-7-17(14-18)20-24-11-12-25-20/h1-8,13-14,20,23H,9-12H2/b16-13+. The fourth-order valence-corrected chi connectivity index (χ4v) is 3.47. The van der Waals surface area contributed by atoms with Crippen LogP contribution < -0.4 is 0 Å². The molecule has 1 saturated heterocycles. The van der Waals surface area contributed by atoms with E-state index >= 15 is 0 Å². The van der Waals surface area contributed by atoms with Gasteiger partial charge in [0, 0.05) is 5.56 Å². The van der Waals surface area contributed by atoms with Gasteiger partial charge in [0.1, 0.15) is 0 Å². The largest absolute Gasteiger partial charge is 0.377 e. The van der Waals surface area contributed by atoms with Gasteiger partial charge >= 0.3 is 0 Å². The third-order valence-corrected chi connectivity index (χ3v) is 4.82. The number of benzene rings is 2. The lowest BCUT2D eigenvalue weighted by Crippen LogP contribution is -2.31. The fraction of sp³-hybridized carbons (Fsp3) is 0.286. The third kappa shape index (κ3) is 3.04. The number of aliphatic hydroxyl groups is 1. The maximum absolute atomic E-state index is 12.9. The second kappa shape index (κ2) is 6.56. The highest BCUT2D eigenvalue weighted by molar-refractivity contribution is 6.07. The van der Waals surface area contributed by atoms with E-state index in [4.69, 9.17) is 9.47 Å². The molecule has 0 aromatic heterocycles. The number of carbonyl (C=O) groups excluding carboxylic acids is 1. The number of hydrogen-bond donors (Lipinski definition) is 1. The van der Waals surface area contributed by atoms with Gasteiger partial charge in [-0.2, -0.15) is 0 Å². The lowest BCUT2D eigenvalue weighted by molar-refractivity contribution is -0.131. The lowest BCUT2D eigenvalue weighted by Gasteiger charge is -2.22. The second-order valence-corrected chi connectivity index (χ2v) is 6.47. The lowest BCUT2D eigenvalue weighted by atomic mass is 9.89. The Morgan fingerprint density at radius 2 is 1.80 bits per heavy atom. The predicted octanol–water partition coefficient (Wildman–Crippen LogP) is 3.37. The van der Waals surface area contributed by atoms with Crippen molar-refractivity contribution in [3.63, 3.8) is 0 Å². The Morgan fingerprint density at radius 1 is 1.04 bits per heavy atom. The Balaban J connectivity index is 1.63. The van der Waals surface area contributed by atoms with Crippen molar-refractivity contribution in [2.24, 2.45) is 0 Å². The van der Waals surface area contributed by atoms with Gasteiger partial charge in [-0.3, -0.25) is 4.79 Å². The van der Waals surface area contributed by atoms with Crippen molar-refractivity contribution in [2.75, 3.05) is 13.2 Å². The molecule has 0 spiro atoms. The SMILES string of the molecule is O=C1/C(=C/c2ccccc2)CCC1(O)c1cccc(C2OCCO2)c1. The number of Topliss-reactive ketones (excluding diaryl/α,β-unsaturated/α-hetero) is 1. The third-order valence-electron chi connectivity index (χ3n) is 4.82. The molecule has 2 fully saturated rings. The molecule has 1 atom stereocenters. The summed E-state index contributed by atoms with van der Waals surface area (Å²) in [6.45, 7) is 1.12. The zero-order chi connectivity index (χ0) is 17.3. The highest BCUT2D eigenvalue weighted by Crippen LogP contribution is 2.40. The van der Waals surface area contributed by atoms with Crippen LogP contribution in [0.4, 0.5) is 0 Å². The van der Waals surface area contributed by atoms with E-state index in [-0.39, 0.29) is 5.78 Å². The van der Waals surface area contributed by atoms with E-state index in [2.05, 4.69) is 0 Å². The Hall–Kier alpha value is -2.27. The first kappa shape index (κ1) is 16.2. The van der Waals surface area contributed by atoms with Crippen molar-refractivity contribution in [3.8, 4) is 0 Å². The van der Waals surface area contributed by atoms with Crippen molar-refractivity contribution < 1.29 is 19.4 Å². The average Bonchev–Trinajstić information content (AvgIpc) is 3.28. The van der Waals surface area contributed by atoms with Crippen LogP contribution in [0.15, 0.2) is 60.2 Å². The highest BCUT2D eigenvalue weighted by atomic mass is 16.7. The molecule has 25 heavy (non-hydrogen) atoms. The minimum atomic E-state index is -1.48. The summed E-state index contributed by atoms with van der Waals surface area (Å²) in [6, 6.07) is 17.0. The van der Waals surface area contributed by atoms with E-state index in [9.17, 15) is 9.90 Å². The van der Waals surface area contributed by atoms with Crippen molar-refractivity contribution in [3.05, 3.63) is 76.9 Å². The predicted molar refractivity (Wildman–Crippen MR) is 93.6 cm³/mol. The molecule has 2 aromatic rings. The Bertz CT molecular complexity index is 806. The van der Waals surface area contributed by atoms with E-state index in [0.29, 0.717) is 37.2 Å². The summed E-state index contributed by atoms with van der Waals surface area (Å²) in [5.41, 5.74) is 1.58. The molecule has 4 heteroatoms. The molecule has 1 unspecified atom stereocenters. The minimum absolute atomic E-state index is 0.221. The van der Waals surface area contributed by atoms with Gasteiger partial charge in [0.15, 0.2) is 17.7 Å². The van der Waals surface area contributed by atoms with Gasteiger partial charge in [-0.15, -0.1) is 0 Å². The molecule has 1 aliphatic heterocycles. The van der Waals surface area contributed by atoms with Crippen LogP contribution in [0.25, 0.3) is 6.08 Å². The van der Waals surface area contributed by atoms with E-state index in [1.54, 1.807) is 6.07 Å². The van der Waals surface area contributed by atoms with Gasteiger partial charge in [-0.25, -0.2) is 0 Å². The minimum Gasteiger partial charge on any atom is -0.377 e. The summed E-state index contributed by atoms with van der Waals surface area (Å²) >= 11 is 0. The first-order chi connectivity index (χ1) is 12.2. The smallest absolute Gasteiger partial charge is 0.194 e. The van der Waals surface area contributed by atoms with Gasteiger partial charge in [0.05, 0.1) is 13.2 Å². The van der Waals surface area contributed by atoms with Crippen LogP contribution in [-0.4, -0.2) is 24.1 Å². The Labute approximate surface area is 146 Å². The molecule has 2 aromatic carbocycles. The van der Waals surface area contributed by atoms with Crippen molar-refractivity contribution in [1.82, 2.24) is 0 Å². The molecular weight excluding hydrogens is 316 g/mol. The molecule has 0 amide bonds. The van der Waals surface area contributed by atoms with Crippen molar-refractivity contribution in [1.29, 1.82) is 0 Å². The highest BCUT2D eigenvalue weighted by Gasteiger charge is 2.44. The molecule has 1 N–H and O–H groups in total. The molecular formula is C21H20O4. The monoisotopic (exact) mass is 336 g/mol. The number of ketones is 1. The first-order valence-electron chi connectivity index (χ1n) is 8.53. The van der Waals surface area contributed by atoms with Crippen LogP contribution in [0.2, 0.25) is 0 Å². The summed E-state index contributed by atoms with van der Waals surface area (Å²) in [6.07, 6.45) is 2.40. The maximum Gasteiger partial charge on any atom is 0.194 e. The molecule has 4 nitrogen and oxygen atoms in total. The number of rotatable bonds is 3. The van der Waals surface area contributed by atoms with E-state index in [1.165, 1.54) is 0 Å². The van der Waals surface area contributed by atoms with E-state index < -0.39 is 11.9 Å². The molecule has 128 valence electrons. The molecule has 1 aliphatic carbocycles. The fourth-order valence-electron chi connectivity index (χ4n) is 3.47. The summed E-state index contributed by atoms with van der Waals surface area (Å²) in [5, 5.41) is 11.1. The number of ether oxygens (including phenoxy) is 2. The summed E-state index contributed by atoms with van der Waals surface area (Å²) in [4.78, 5) is 12.9. The quantitative estimate of drug-likeness (QED) is 0.873. The van der Waals surface area contributed by atoms with Crippen LogP contribution in [-0.2, 0) is 19.9 Å². The van der Waals surface area contributed by atoms with Gasteiger partial charge < -0.3 is 14.6 Å². The zero-order valence-electron chi connectivity index (χ0n) is 13.9. The van der Waals surface area contributed by atoms with Crippen LogP contribution in [0.1, 0.15) is 35.8 Å². The Morgan fingerprint density at radius 3 is 2.56 bits per heavy atom. The topological polar surface area (TPSA) is 55.8 Å². The molecule has 4 rings (SSSR count). The summed E-state index contributed by atoms with van der Waals surface area (Å²) in [7, 11) is 0. The maximum atomic E-state index is 12.9. The van der Waals surface area contributed by atoms with Crippen LogP contribution >= 0.6 is 0 Å². The van der Waals surface area contributed by atoms with Crippen LogP contribution in [0.5, 0.6) is 0 Å². The Kier molecular flexibility index (Phi) is 4.25. The number of hydrogen-bond acceptors (Lipinski definition) is 4. The molecule has 1 heterocycles. The van der Waals surface area contributed by atoms with Crippen LogP contribution in [0, 0.1) is 0 Å². The second-order valence-electron chi connectivity index (χ2n) is 6.47. The van der Waals surface area contributed by atoms with Gasteiger partial charge in [0.25, 0.3) is 0 Å². The van der Waals surface area contributed by atoms with E-state index in [0.717, 1.165) is 11.1 Å². The van der Waals surface area contributed by atoms with Crippen molar-refractivity contribution >= 4 is 11.9 Å². The normalized spacial score (nSPS) is 25.8. The summed E-state index contributed by atoms with van der Waals surface area (Å²) < 4.78 is 11.0. The molecule has 0 bridgehead atoms. The van der Waals surface area contributed by atoms with E-state index in [1.807, 2.05) is 54.6 Å². The summed E-state index contributed by atoms with van der Waals surface area (Å²) in [5.74, 6) is -0.221. The molecule has 0 radical (unpaired) electrons. The van der Waals surface area contributed by atoms with Gasteiger partial charge in [0.2, 0.25) is 0 Å². The first-order valence-corrected chi connectivity index (χ1v) is 8.53. The number of carbonyl (C=O) groups is 1. The zero-order valence-corrected chi connectivity index (χ0v) is 13.9. The average molecular weight is 336 g/mol. The molecule has 1 saturated carbocycles. The van der Waals surface area contributed by atoms with Crippen molar-refractivity contribution in [2.45, 2.75) is 24.7 Å². The van der Waals surface area contributed by atoms with Crippen LogP contribution in [0.3, 0.4) is 0 Å². The van der Waals surface area contributed by atoms with Gasteiger partial charge in [-0.1, -0.05) is 48.5 Å².